The number of aromatic amines is 1. The van der Waals surface area contributed by atoms with Gasteiger partial charge in [-0.3, -0.25) is 9.89 Å². The highest BCUT2D eigenvalue weighted by Gasteiger charge is 2.28. The Morgan fingerprint density at radius 3 is 2.86 bits per heavy atom. The van der Waals surface area contributed by atoms with Crippen molar-refractivity contribution >= 4 is 5.91 Å². The van der Waals surface area contributed by atoms with E-state index in [1.807, 2.05) is 6.07 Å². The van der Waals surface area contributed by atoms with Crippen LogP contribution in [-0.2, 0) is 4.74 Å². The molecule has 0 bridgehead atoms. The zero-order valence-corrected chi connectivity index (χ0v) is 13.5. The minimum Gasteiger partial charge on any atom is -0.376 e. The van der Waals surface area contributed by atoms with E-state index in [2.05, 4.69) is 43.2 Å². The van der Waals surface area contributed by atoms with Gasteiger partial charge in [0, 0.05) is 12.3 Å². The van der Waals surface area contributed by atoms with E-state index in [0.29, 0.717) is 17.5 Å². The summed E-state index contributed by atoms with van der Waals surface area (Å²) in [7, 11) is 0. The van der Waals surface area contributed by atoms with Crippen LogP contribution >= 0.6 is 0 Å². The molecule has 2 N–H and O–H groups in total. The summed E-state index contributed by atoms with van der Waals surface area (Å²) in [6.45, 7) is 9.30. The van der Waals surface area contributed by atoms with Crippen LogP contribution in [0.4, 0.5) is 0 Å². The van der Waals surface area contributed by atoms with E-state index in [9.17, 15) is 4.79 Å². The summed E-state index contributed by atoms with van der Waals surface area (Å²) in [5.74, 6) is 0.790. The molecule has 2 heterocycles. The Labute approximate surface area is 126 Å². The molecule has 2 atom stereocenters. The van der Waals surface area contributed by atoms with Gasteiger partial charge in [0.1, 0.15) is 5.69 Å². The molecule has 0 radical (unpaired) electrons. The Bertz CT molecular complexity index is 468. The van der Waals surface area contributed by atoms with Crippen LogP contribution in [0.2, 0.25) is 0 Å². The maximum absolute atomic E-state index is 12.3. The Morgan fingerprint density at radius 2 is 2.24 bits per heavy atom. The number of hydrogen-bond acceptors (Lipinski definition) is 3. The van der Waals surface area contributed by atoms with Crippen molar-refractivity contribution in [2.45, 2.75) is 65.0 Å². The summed E-state index contributed by atoms with van der Waals surface area (Å²) in [5.41, 5.74) is 1.45. The molecular formula is C16H27N3O2. The summed E-state index contributed by atoms with van der Waals surface area (Å²) in [6.07, 6.45) is 3.07. The number of aromatic nitrogens is 2. The number of H-pyrrole nitrogens is 1. The van der Waals surface area contributed by atoms with Gasteiger partial charge in [-0.2, -0.15) is 5.10 Å². The zero-order chi connectivity index (χ0) is 15.4. The molecule has 118 valence electrons. The Balaban J connectivity index is 1.98. The summed E-state index contributed by atoms with van der Waals surface area (Å²) < 4.78 is 5.84. The molecule has 5 heteroatoms. The first-order chi connectivity index (χ1) is 9.97. The molecule has 1 saturated heterocycles. The van der Waals surface area contributed by atoms with E-state index < -0.39 is 0 Å². The summed E-state index contributed by atoms with van der Waals surface area (Å²) in [6, 6.07) is 1.93. The molecule has 5 nitrogen and oxygen atoms in total. The number of nitrogens with one attached hydrogen (secondary N) is 2. The second-order valence-electron chi connectivity index (χ2n) is 6.62. The minimum absolute atomic E-state index is 0.0906. The molecule has 1 amide bonds. The molecule has 2 rings (SSSR count). The fourth-order valence-corrected chi connectivity index (χ4v) is 2.69. The van der Waals surface area contributed by atoms with Crippen molar-refractivity contribution in [1.82, 2.24) is 15.5 Å². The van der Waals surface area contributed by atoms with Crippen LogP contribution in [0.1, 0.15) is 69.1 Å². The third-order valence-corrected chi connectivity index (χ3v) is 3.91. The molecule has 1 aromatic heterocycles. The van der Waals surface area contributed by atoms with E-state index >= 15 is 0 Å². The SMILES string of the molecule is CC(C)C[C@@H]1OCCC[C@@H]1NC(=O)c1cc(C(C)C)[nH]n1. The molecule has 21 heavy (non-hydrogen) atoms. The Kier molecular flexibility index (Phi) is 5.39. The van der Waals surface area contributed by atoms with Crippen LogP contribution in [0.5, 0.6) is 0 Å². The van der Waals surface area contributed by atoms with Crippen molar-refractivity contribution in [3.8, 4) is 0 Å². The number of amides is 1. The van der Waals surface area contributed by atoms with E-state index in [-0.39, 0.29) is 18.1 Å². The van der Waals surface area contributed by atoms with Gasteiger partial charge in [-0.15, -0.1) is 0 Å². The number of hydrogen-bond donors (Lipinski definition) is 2. The van der Waals surface area contributed by atoms with Crippen LogP contribution in [0, 0.1) is 5.92 Å². The smallest absolute Gasteiger partial charge is 0.272 e. The fraction of sp³-hybridized carbons (Fsp3) is 0.750. The van der Waals surface area contributed by atoms with E-state index in [4.69, 9.17) is 4.74 Å². The molecule has 0 unspecified atom stereocenters. The highest BCUT2D eigenvalue weighted by Crippen LogP contribution is 2.21. The predicted molar refractivity (Wildman–Crippen MR) is 82.4 cm³/mol. The molecule has 0 aliphatic carbocycles. The van der Waals surface area contributed by atoms with Gasteiger partial charge < -0.3 is 10.1 Å². The van der Waals surface area contributed by atoms with Crippen LogP contribution in [0.3, 0.4) is 0 Å². The molecule has 0 aromatic carbocycles. The number of carbonyl (C=O) groups is 1. The van der Waals surface area contributed by atoms with Gasteiger partial charge in [-0.05, 0) is 37.2 Å². The zero-order valence-electron chi connectivity index (χ0n) is 13.5. The van der Waals surface area contributed by atoms with Gasteiger partial charge in [0.2, 0.25) is 0 Å². The minimum atomic E-state index is -0.109. The predicted octanol–water partition coefficient (Wildman–Crippen LogP) is 2.86. The Hall–Kier alpha value is -1.36. The average molecular weight is 293 g/mol. The first-order valence-corrected chi connectivity index (χ1v) is 7.95. The molecule has 1 aliphatic heterocycles. The van der Waals surface area contributed by atoms with Gasteiger partial charge in [-0.1, -0.05) is 27.7 Å². The van der Waals surface area contributed by atoms with Crippen LogP contribution in [0.25, 0.3) is 0 Å². The first kappa shape index (κ1) is 16.0. The second kappa shape index (κ2) is 7.07. The van der Waals surface area contributed by atoms with Crippen LogP contribution in [0.15, 0.2) is 6.07 Å². The van der Waals surface area contributed by atoms with Crippen molar-refractivity contribution in [1.29, 1.82) is 0 Å². The second-order valence-corrected chi connectivity index (χ2v) is 6.62. The maximum Gasteiger partial charge on any atom is 0.272 e. The quantitative estimate of drug-likeness (QED) is 0.877. The number of rotatable bonds is 5. The van der Waals surface area contributed by atoms with Crippen molar-refractivity contribution in [3.63, 3.8) is 0 Å². The number of carbonyl (C=O) groups excluding carboxylic acids is 1. The molecule has 1 fully saturated rings. The lowest BCUT2D eigenvalue weighted by atomic mass is 9.94. The normalized spacial score (nSPS) is 22.8. The van der Waals surface area contributed by atoms with Gasteiger partial charge in [0.25, 0.3) is 5.91 Å². The number of ether oxygens (including phenoxy) is 1. The Morgan fingerprint density at radius 1 is 1.48 bits per heavy atom. The lowest BCUT2D eigenvalue weighted by molar-refractivity contribution is -0.0186. The van der Waals surface area contributed by atoms with E-state index in [1.165, 1.54) is 0 Å². The van der Waals surface area contributed by atoms with Crippen molar-refractivity contribution in [3.05, 3.63) is 17.5 Å². The van der Waals surface area contributed by atoms with Crippen LogP contribution < -0.4 is 5.32 Å². The summed E-state index contributed by atoms with van der Waals surface area (Å²) >= 11 is 0. The van der Waals surface area contributed by atoms with Crippen molar-refractivity contribution in [2.24, 2.45) is 5.92 Å². The molecule has 0 spiro atoms. The highest BCUT2D eigenvalue weighted by molar-refractivity contribution is 5.92. The fourth-order valence-electron chi connectivity index (χ4n) is 2.69. The summed E-state index contributed by atoms with van der Waals surface area (Å²) in [4.78, 5) is 12.3. The van der Waals surface area contributed by atoms with Crippen molar-refractivity contribution < 1.29 is 9.53 Å². The van der Waals surface area contributed by atoms with E-state index in [0.717, 1.165) is 31.6 Å². The largest absolute Gasteiger partial charge is 0.376 e. The molecule has 1 aliphatic rings. The molecule has 1 aromatic rings. The summed E-state index contributed by atoms with van der Waals surface area (Å²) in [5, 5.41) is 10.1. The van der Waals surface area contributed by atoms with Crippen LogP contribution in [-0.4, -0.2) is 34.9 Å². The van der Waals surface area contributed by atoms with Gasteiger partial charge in [-0.25, -0.2) is 0 Å². The lowest BCUT2D eigenvalue weighted by Gasteiger charge is -2.33. The highest BCUT2D eigenvalue weighted by atomic mass is 16.5. The lowest BCUT2D eigenvalue weighted by Crippen LogP contribution is -2.47. The average Bonchev–Trinajstić information content (AvgIpc) is 2.90. The number of nitrogens with zero attached hydrogens (tertiary/aromatic N) is 1. The monoisotopic (exact) mass is 293 g/mol. The topological polar surface area (TPSA) is 67.0 Å². The third-order valence-electron chi connectivity index (χ3n) is 3.91. The molecular weight excluding hydrogens is 266 g/mol. The van der Waals surface area contributed by atoms with Gasteiger partial charge in [0.15, 0.2) is 0 Å². The van der Waals surface area contributed by atoms with Gasteiger partial charge >= 0.3 is 0 Å². The third kappa shape index (κ3) is 4.30. The van der Waals surface area contributed by atoms with E-state index in [1.54, 1.807) is 0 Å². The maximum atomic E-state index is 12.3. The van der Waals surface area contributed by atoms with Crippen molar-refractivity contribution in [2.75, 3.05) is 6.61 Å². The molecule has 0 saturated carbocycles. The first-order valence-electron chi connectivity index (χ1n) is 7.95. The standard InChI is InChI=1S/C16H27N3O2/c1-10(2)8-15-12(6-5-7-21-15)17-16(20)14-9-13(11(3)4)18-19-14/h9-12,15H,5-8H2,1-4H3,(H,17,20)(H,18,19)/t12-,15-/m0/s1. The van der Waals surface area contributed by atoms with Gasteiger partial charge in [0.05, 0.1) is 12.1 Å².